The van der Waals surface area contributed by atoms with E-state index in [0.717, 1.165) is 5.52 Å². The lowest BCUT2D eigenvalue weighted by Crippen LogP contribution is -1.94. The van der Waals surface area contributed by atoms with Gasteiger partial charge in [0.15, 0.2) is 0 Å². The van der Waals surface area contributed by atoms with Crippen molar-refractivity contribution in [2.24, 2.45) is 0 Å². The smallest absolute Gasteiger partial charge is 0.0798 e. The second-order valence-corrected chi connectivity index (χ2v) is 8.33. The van der Waals surface area contributed by atoms with Crippen molar-refractivity contribution in [3.05, 3.63) is 115 Å². The van der Waals surface area contributed by atoms with Gasteiger partial charge >= 0.3 is 0 Å². The Morgan fingerprint density at radius 1 is 0.500 bits per heavy atom. The molecule has 2 aromatic heterocycles. The topological polar surface area (TPSA) is 20.7 Å². The summed E-state index contributed by atoms with van der Waals surface area (Å²) >= 11 is 0. The van der Waals surface area contributed by atoms with Gasteiger partial charge in [0.2, 0.25) is 0 Å². The standard InChI is InChI=1S/C30H20N2/c1-3-9-20(10-4-1)22-16-18-27-26(19-22)30-28(31-27)25-17-15-21-11-7-8-14-24(21)29(25)32(30)23-12-5-2-6-13-23/h1-19,31H. The predicted octanol–water partition coefficient (Wildman–Crippen LogP) is 8.09. The fourth-order valence-corrected chi connectivity index (χ4v) is 5.06. The lowest BCUT2D eigenvalue weighted by Gasteiger charge is -2.10. The van der Waals surface area contributed by atoms with Crippen molar-refractivity contribution in [1.82, 2.24) is 9.55 Å². The minimum atomic E-state index is 1.16. The van der Waals surface area contributed by atoms with E-state index in [1.54, 1.807) is 0 Å². The number of nitrogens with one attached hydrogen (secondary N) is 1. The maximum atomic E-state index is 3.73. The Hall–Kier alpha value is -4.30. The first-order valence-corrected chi connectivity index (χ1v) is 11.0. The molecule has 0 saturated carbocycles. The molecule has 0 aliphatic carbocycles. The molecule has 0 amide bonds. The molecule has 7 aromatic rings. The molecule has 0 atom stereocenters. The number of H-pyrrole nitrogens is 1. The van der Waals surface area contributed by atoms with Crippen molar-refractivity contribution in [2.45, 2.75) is 0 Å². The van der Waals surface area contributed by atoms with E-state index in [-0.39, 0.29) is 0 Å². The van der Waals surface area contributed by atoms with Gasteiger partial charge in [0, 0.05) is 27.4 Å². The van der Waals surface area contributed by atoms with E-state index in [4.69, 9.17) is 0 Å². The number of fused-ring (bicyclic) bond motifs is 7. The molecule has 2 heterocycles. The van der Waals surface area contributed by atoms with Crippen LogP contribution in [0.4, 0.5) is 0 Å². The van der Waals surface area contributed by atoms with Crippen molar-refractivity contribution >= 4 is 43.6 Å². The number of hydrogen-bond acceptors (Lipinski definition) is 0. The summed E-state index contributed by atoms with van der Waals surface area (Å²) in [7, 11) is 0. The van der Waals surface area contributed by atoms with Gasteiger partial charge in [0.25, 0.3) is 0 Å². The Balaban J connectivity index is 1.69. The molecular formula is C30H20N2. The zero-order valence-electron chi connectivity index (χ0n) is 17.4. The van der Waals surface area contributed by atoms with Crippen LogP contribution >= 0.6 is 0 Å². The van der Waals surface area contributed by atoms with Gasteiger partial charge in [-0.1, -0.05) is 91.0 Å². The number of para-hydroxylation sites is 1. The fraction of sp³-hybridized carbons (Fsp3) is 0. The zero-order chi connectivity index (χ0) is 21.1. The molecule has 0 spiro atoms. The van der Waals surface area contributed by atoms with Gasteiger partial charge < -0.3 is 9.55 Å². The molecule has 0 aliphatic rings. The summed E-state index contributed by atoms with van der Waals surface area (Å²) in [5.41, 5.74) is 8.47. The highest BCUT2D eigenvalue weighted by atomic mass is 15.0. The van der Waals surface area contributed by atoms with Gasteiger partial charge in [-0.2, -0.15) is 0 Å². The van der Waals surface area contributed by atoms with Gasteiger partial charge in [-0.15, -0.1) is 0 Å². The van der Waals surface area contributed by atoms with Crippen LogP contribution in [-0.4, -0.2) is 9.55 Å². The van der Waals surface area contributed by atoms with E-state index in [2.05, 4.69) is 125 Å². The highest BCUT2D eigenvalue weighted by Gasteiger charge is 2.19. The monoisotopic (exact) mass is 408 g/mol. The lowest BCUT2D eigenvalue weighted by molar-refractivity contribution is 1.19. The number of rotatable bonds is 2. The highest BCUT2D eigenvalue weighted by molar-refractivity contribution is 6.23. The first-order chi connectivity index (χ1) is 15.9. The molecule has 0 aliphatic heterocycles. The minimum absolute atomic E-state index is 1.16. The average Bonchev–Trinajstić information content (AvgIpc) is 3.39. The van der Waals surface area contributed by atoms with Crippen molar-refractivity contribution in [3.63, 3.8) is 0 Å². The van der Waals surface area contributed by atoms with Crippen molar-refractivity contribution < 1.29 is 0 Å². The van der Waals surface area contributed by atoms with Gasteiger partial charge in [-0.25, -0.2) is 0 Å². The predicted molar refractivity (Wildman–Crippen MR) is 136 cm³/mol. The maximum Gasteiger partial charge on any atom is 0.0798 e. The van der Waals surface area contributed by atoms with Crippen LogP contribution in [-0.2, 0) is 0 Å². The Morgan fingerprint density at radius 3 is 2.09 bits per heavy atom. The summed E-state index contributed by atoms with van der Waals surface area (Å²) < 4.78 is 2.43. The van der Waals surface area contributed by atoms with E-state index >= 15 is 0 Å². The van der Waals surface area contributed by atoms with Crippen LogP contribution < -0.4 is 0 Å². The van der Waals surface area contributed by atoms with E-state index < -0.39 is 0 Å². The van der Waals surface area contributed by atoms with E-state index in [9.17, 15) is 0 Å². The molecule has 1 N–H and O–H groups in total. The molecule has 0 unspecified atom stereocenters. The van der Waals surface area contributed by atoms with Crippen LogP contribution in [0.1, 0.15) is 0 Å². The second kappa shape index (κ2) is 6.60. The first-order valence-electron chi connectivity index (χ1n) is 11.0. The molecule has 32 heavy (non-hydrogen) atoms. The number of nitrogens with zero attached hydrogens (tertiary/aromatic N) is 1. The number of aromatic nitrogens is 2. The molecule has 2 heteroatoms. The Kier molecular flexibility index (Phi) is 3.58. The van der Waals surface area contributed by atoms with Gasteiger partial charge in [-0.05, 0) is 40.8 Å². The van der Waals surface area contributed by atoms with Crippen LogP contribution in [0.5, 0.6) is 0 Å². The quantitative estimate of drug-likeness (QED) is 0.298. The third-order valence-corrected chi connectivity index (χ3v) is 6.51. The molecule has 0 radical (unpaired) electrons. The largest absolute Gasteiger partial charge is 0.353 e. The highest BCUT2D eigenvalue weighted by Crippen LogP contribution is 2.40. The molecule has 0 bridgehead atoms. The van der Waals surface area contributed by atoms with Crippen LogP contribution in [0.3, 0.4) is 0 Å². The number of benzene rings is 5. The van der Waals surface area contributed by atoms with Crippen LogP contribution in [0.2, 0.25) is 0 Å². The van der Waals surface area contributed by atoms with E-state index in [1.165, 1.54) is 54.9 Å². The summed E-state index contributed by atoms with van der Waals surface area (Å²) in [5.74, 6) is 0. The normalized spacial score (nSPS) is 11.8. The number of hydrogen-bond donors (Lipinski definition) is 1. The third kappa shape index (κ3) is 2.41. The van der Waals surface area contributed by atoms with Crippen molar-refractivity contribution in [2.75, 3.05) is 0 Å². The molecule has 2 nitrogen and oxygen atoms in total. The molecule has 0 saturated heterocycles. The fourth-order valence-electron chi connectivity index (χ4n) is 5.06. The minimum Gasteiger partial charge on any atom is -0.353 e. The lowest BCUT2D eigenvalue weighted by atomic mass is 10.0. The van der Waals surface area contributed by atoms with E-state index in [0.29, 0.717) is 0 Å². The summed E-state index contributed by atoms with van der Waals surface area (Å²) in [6.45, 7) is 0. The molecule has 150 valence electrons. The average molecular weight is 409 g/mol. The molecule has 0 fully saturated rings. The van der Waals surface area contributed by atoms with Crippen molar-refractivity contribution in [1.29, 1.82) is 0 Å². The Labute approximate surface area is 185 Å². The van der Waals surface area contributed by atoms with Crippen molar-refractivity contribution in [3.8, 4) is 16.8 Å². The van der Waals surface area contributed by atoms with Crippen LogP contribution in [0.25, 0.3) is 60.4 Å². The zero-order valence-corrected chi connectivity index (χ0v) is 17.4. The Bertz CT molecular complexity index is 1750. The summed E-state index contributed by atoms with van der Waals surface area (Å²) in [6.07, 6.45) is 0. The number of aromatic amines is 1. The SMILES string of the molecule is c1ccc(-c2ccc3[nH]c4c5ccc6ccccc6c5n(-c5ccccc5)c4c3c2)cc1. The Morgan fingerprint density at radius 2 is 1.25 bits per heavy atom. The summed E-state index contributed by atoms with van der Waals surface area (Å²) in [4.78, 5) is 3.73. The molecule has 5 aromatic carbocycles. The summed E-state index contributed by atoms with van der Waals surface area (Å²) in [6, 6.07) is 41.2. The van der Waals surface area contributed by atoms with Gasteiger partial charge in [-0.3, -0.25) is 0 Å². The van der Waals surface area contributed by atoms with Crippen LogP contribution in [0.15, 0.2) is 115 Å². The van der Waals surface area contributed by atoms with Gasteiger partial charge in [0.1, 0.15) is 0 Å². The maximum absolute atomic E-state index is 3.73. The summed E-state index contributed by atoms with van der Waals surface area (Å²) in [5, 5.41) is 5.02. The third-order valence-electron chi connectivity index (χ3n) is 6.51. The van der Waals surface area contributed by atoms with Gasteiger partial charge in [0.05, 0.1) is 16.6 Å². The first kappa shape index (κ1) is 17.4. The second-order valence-electron chi connectivity index (χ2n) is 8.33. The van der Waals surface area contributed by atoms with E-state index in [1.807, 2.05) is 0 Å². The molecular weight excluding hydrogens is 388 g/mol. The molecule has 7 rings (SSSR count). The van der Waals surface area contributed by atoms with Crippen LogP contribution in [0, 0.1) is 0 Å².